The van der Waals surface area contributed by atoms with Crippen LogP contribution >= 0.6 is 0 Å². The Hall–Kier alpha value is -5.05. The fourth-order valence-electron chi connectivity index (χ4n) is 6.24. The van der Waals surface area contributed by atoms with Crippen LogP contribution in [0.3, 0.4) is 0 Å². The third kappa shape index (κ3) is 13.1. The zero-order valence-corrected chi connectivity index (χ0v) is 31.2. The number of nitrogens with one attached hydrogen (secondary N) is 4. The van der Waals surface area contributed by atoms with Gasteiger partial charge in [0.05, 0.1) is 12.1 Å². The normalized spacial score (nSPS) is 20.1. The lowest BCUT2D eigenvalue weighted by Gasteiger charge is -2.33. The number of hydrogen-bond donors (Lipinski definition) is 10. The Morgan fingerprint density at radius 2 is 1.28 bits per heavy atom. The van der Waals surface area contributed by atoms with E-state index in [1.807, 2.05) is 0 Å². The number of carboxylic acid groups (broad SMARTS) is 2. The second kappa shape index (κ2) is 21.0. The minimum atomic E-state index is -1.54. The lowest BCUT2D eigenvalue weighted by Crippen LogP contribution is -2.61. The Bertz CT molecular complexity index is 1420. The van der Waals surface area contributed by atoms with Crippen molar-refractivity contribution < 1.29 is 53.7 Å². The summed E-state index contributed by atoms with van der Waals surface area (Å²) in [7, 11) is 0. The molecule has 0 spiro atoms. The highest BCUT2D eigenvalue weighted by Gasteiger charge is 2.43. The molecule has 0 aromatic heterocycles. The van der Waals surface area contributed by atoms with Gasteiger partial charge in [-0.2, -0.15) is 0 Å². The van der Waals surface area contributed by atoms with Gasteiger partial charge >= 0.3 is 11.9 Å². The van der Waals surface area contributed by atoms with Crippen molar-refractivity contribution in [2.24, 2.45) is 28.1 Å². The molecule has 54 heavy (non-hydrogen) atoms. The van der Waals surface area contributed by atoms with Gasteiger partial charge in [0.25, 0.3) is 0 Å². The first-order valence-electron chi connectivity index (χ1n) is 18.0. The average Bonchev–Trinajstić information content (AvgIpc) is 3.78. The van der Waals surface area contributed by atoms with Crippen LogP contribution < -0.4 is 38.5 Å². The first-order chi connectivity index (χ1) is 25.3. The molecule has 2 aliphatic heterocycles. The fraction of sp³-hybridized carbons (Fsp3) is 0.727. The van der Waals surface area contributed by atoms with Crippen LogP contribution in [0.4, 0.5) is 0 Å². The SMILES string of the molecule is CC(C)[C@H](NC(=O)[C@H](C)N)C(=O)N1CCC[C@H]1C(=O)N[C@H](C(=O)N1CCC[C@H]1C(=O)N[C@@H](CCC(=O)O)C(=O)N[C@@H](CCCN=C(N)N)C(=O)O)[C@@H](C)O. The van der Waals surface area contributed by atoms with Crippen molar-refractivity contribution in [2.45, 2.75) is 127 Å². The number of amides is 6. The summed E-state index contributed by atoms with van der Waals surface area (Å²) in [6.07, 6.45) is -1.13. The molecular formula is C33H56N10O11. The van der Waals surface area contributed by atoms with E-state index in [2.05, 4.69) is 26.3 Å². The molecule has 2 saturated heterocycles. The van der Waals surface area contributed by atoms with Crippen molar-refractivity contribution in [1.82, 2.24) is 31.1 Å². The summed E-state index contributed by atoms with van der Waals surface area (Å²) in [6, 6.07) is -8.49. The van der Waals surface area contributed by atoms with E-state index in [9.17, 15) is 53.7 Å². The number of guanidine groups is 1. The second-order valence-corrected chi connectivity index (χ2v) is 14.0. The Kier molecular flexibility index (Phi) is 17.5. The molecule has 2 heterocycles. The molecule has 6 amide bonds. The maximum absolute atomic E-state index is 13.9. The zero-order chi connectivity index (χ0) is 40.9. The Balaban J connectivity index is 2.21. The molecular weight excluding hydrogens is 712 g/mol. The number of carboxylic acids is 2. The molecule has 8 atom stereocenters. The first-order valence-corrected chi connectivity index (χ1v) is 18.0. The number of aliphatic imine (C=N–C) groups is 1. The number of nitrogens with two attached hydrogens (primary N) is 3. The molecule has 21 nitrogen and oxygen atoms in total. The summed E-state index contributed by atoms with van der Waals surface area (Å²) >= 11 is 0. The van der Waals surface area contributed by atoms with Crippen LogP contribution in [0.1, 0.15) is 79.1 Å². The molecule has 0 aliphatic carbocycles. The minimum absolute atomic E-state index is 0.0439. The molecule has 0 unspecified atom stereocenters. The highest BCUT2D eigenvalue weighted by molar-refractivity contribution is 5.97. The molecule has 0 aromatic rings. The minimum Gasteiger partial charge on any atom is -0.481 e. The van der Waals surface area contributed by atoms with Gasteiger partial charge in [0, 0.05) is 26.1 Å². The van der Waals surface area contributed by atoms with Crippen molar-refractivity contribution in [2.75, 3.05) is 19.6 Å². The monoisotopic (exact) mass is 768 g/mol. The van der Waals surface area contributed by atoms with Crippen molar-refractivity contribution in [3.63, 3.8) is 0 Å². The Morgan fingerprint density at radius 1 is 0.741 bits per heavy atom. The van der Waals surface area contributed by atoms with Crippen LogP contribution in [0, 0.1) is 5.92 Å². The van der Waals surface area contributed by atoms with Crippen molar-refractivity contribution in [3.8, 4) is 0 Å². The van der Waals surface area contributed by atoms with Gasteiger partial charge in [-0.1, -0.05) is 13.8 Å². The number of rotatable bonds is 20. The Labute approximate surface area is 313 Å². The summed E-state index contributed by atoms with van der Waals surface area (Å²) in [6.45, 7) is 6.54. The van der Waals surface area contributed by atoms with Gasteiger partial charge in [-0.3, -0.25) is 38.6 Å². The topological polar surface area (TPSA) is 342 Å². The number of likely N-dealkylation sites (tertiary alicyclic amines) is 2. The molecule has 2 aliphatic rings. The van der Waals surface area contributed by atoms with Crippen LogP contribution in [0.2, 0.25) is 0 Å². The summed E-state index contributed by atoms with van der Waals surface area (Å²) in [5.41, 5.74) is 16.2. The van der Waals surface area contributed by atoms with E-state index in [1.165, 1.54) is 18.7 Å². The van der Waals surface area contributed by atoms with Crippen molar-refractivity contribution >= 4 is 53.3 Å². The lowest BCUT2D eigenvalue weighted by atomic mass is 10.0. The van der Waals surface area contributed by atoms with Crippen LogP contribution in [-0.4, -0.2) is 146 Å². The first kappa shape index (κ1) is 45.1. The van der Waals surface area contributed by atoms with Crippen molar-refractivity contribution in [1.29, 1.82) is 0 Å². The van der Waals surface area contributed by atoms with E-state index in [0.29, 0.717) is 12.8 Å². The maximum Gasteiger partial charge on any atom is 0.326 e. The smallest absolute Gasteiger partial charge is 0.326 e. The van der Waals surface area contributed by atoms with E-state index >= 15 is 0 Å². The highest BCUT2D eigenvalue weighted by Crippen LogP contribution is 2.23. The number of aliphatic hydroxyl groups excluding tert-OH is 1. The summed E-state index contributed by atoms with van der Waals surface area (Å²) in [4.78, 5) is 109. The van der Waals surface area contributed by atoms with Gasteiger partial charge in [0.2, 0.25) is 35.4 Å². The van der Waals surface area contributed by atoms with Crippen LogP contribution in [0.5, 0.6) is 0 Å². The lowest BCUT2D eigenvalue weighted by molar-refractivity contribution is -0.147. The molecule has 0 bridgehead atoms. The molecule has 2 rings (SSSR count). The van der Waals surface area contributed by atoms with Crippen molar-refractivity contribution in [3.05, 3.63) is 0 Å². The maximum atomic E-state index is 13.9. The fourth-order valence-corrected chi connectivity index (χ4v) is 6.24. The number of hydrogen-bond acceptors (Lipinski definition) is 11. The van der Waals surface area contributed by atoms with Crippen LogP contribution in [0.25, 0.3) is 0 Å². The van der Waals surface area contributed by atoms with E-state index in [-0.39, 0.29) is 57.2 Å². The van der Waals surface area contributed by atoms with Gasteiger partial charge in [-0.25, -0.2) is 4.79 Å². The molecule has 304 valence electrons. The molecule has 0 radical (unpaired) electrons. The average molecular weight is 769 g/mol. The highest BCUT2D eigenvalue weighted by atomic mass is 16.4. The summed E-state index contributed by atoms with van der Waals surface area (Å²) in [5.74, 6) is -7.57. The molecule has 0 saturated carbocycles. The third-order valence-electron chi connectivity index (χ3n) is 9.21. The van der Waals surface area contributed by atoms with Crippen LogP contribution in [0.15, 0.2) is 4.99 Å². The van der Waals surface area contributed by atoms with E-state index < -0.39 is 109 Å². The van der Waals surface area contributed by atoms with E-state index in [4.69, 9.17) is 17.2 Å². The van der Waals surface area contributed by atoms with Gasteiger partial charge in [0.15, 0.2) is 5.96 Å². The summed E-state index contributed by atoms with van der Waals surface area (Å²) in [5, 5.41) is 39.4. The number of carbonyl (C=O) groups excluding carboxylic acids is 6. The third-order valence-corrected chi connectivity index (χ3v) is 9.21. The molecule has 13 N–H and O–H groups in total. The number of aliphatic carboxylic acids is 2. The quantitative estimate of drug-likeness (QED) is 0.0324. The standard InChI is InChI=1S/C33H56N10O11/c1-16(2)24(40-26(47)17(3)34)30(51)42-14-7-10-22(42)29(50)41-25(18(4)44)31(52)43-15-6-9-21(43)28(49)38-19(11-12-23(45)46)27(48)39-20(32(53)54)8-5-13-37-33(35)36/h16-22,24-25,44H,5-15,34H2,1-4H3,(H,38,49)(H,39,48)(H,40,47)(H,41,50)(H,45,46)(H,53,54)(H4,35,36,37)/t17-,18+,19-,20-,21-,22-,24-,25-/m0/s1. The van der Waals surface area contributed by atoms with Gasteiger partial charge < -0.3 is 63.6 Å². The van der Waals surface area contributed by atoms with E-state index in [1.54, 1.807) is 13.8 Å². The van der Waals surface area contributed by atoms with Gasteiger partial charge in [0.1, 0.15) is 36.3 Å². The molecule has 0 aromatic carbocycles. The largest absolute Gasteiger partial charge is 0.481 e. The molecule has 21 heteroatoms. The zero-order valence-electron chi connectivity index (χ0n) is 31.2. The second-order valence-electron chi connectivity index (χ2n) is 14.0. The number of carbonyl (C=O) groups is 8. The van der Waals surface area contributed by atoms with Crippen LogP contribution in [-0.2, 0) is 38.4 Å². The predicted octanol–water partition coefficient (Wildman–Crippen LogP) is -3.71. The number of nitrogens with zero attached hydrogens (tertiary/aromatic N) is 3. The summed E-state index contributed by atoms with van der Waals surface area (Å²) < 4.78 is 0. The Morgan fingerprint density at radius 3 is 1.74 bits per heavy atom. The number of aliphatic hydroxyl groups is 1. The van der Waals surface area contributed by atoms with Gasteiger partial charge in [-0.05, 0) is 64.7 Å². The van der Waals surface area contributed by atoms with Gasteiger partial charge in [-0.15, -0.1) is 0 Å². The molecule has 2 fully saturated rings. The predicted molar refractivity (Wildman–Crippen MR) is 192 cm³/mol. The van der Waals surface area contributed by atoms with E-state index in [0.717, 1.165) is 4.90 Å².